The summed E-state index contributed by atoms with van der Waals surface area (Å²) in [5.41, 5.74) is -5.46. The second kappa shape index (κ2) is 6.63. The molecular weight excluding hydrogens is 456 g/mol. The quantitative estimate of drug-likeness (QED) is 0.381. The lowest BCUT2D eigenvalue weighted by molar-refractivity contribution is -0.597. The van der Waals surface area contributed by atoms with Crippen LogP contribution in [0.1, 0.15) is 0 Å². The standard InChI is InChI=1S/C13H8ClF3IO3S/c14-9-4-3-5-10(8-9)18-11-6-1-2-7-12(11)21-22(19,20)13(15,16)17/h1-8H/q+1. The van der Waals surface area contributed by atoms with Crippen molar-refractivity contribution in [2.45, 2.75) is 5.51 Å². The maximum absolute atomic E-state index is 12.4. The zero-order chi connectivity index (χ0) is 16.4. The first-order valence-corrected chi connectivity index (χ1v) is 9.63. The molecule has 0 heterocycles. The summed E-state index contributed by atoms with van der Waals surface area (Å²) in [4.78, 5) is 0. The zero-order valence-corrected chi connectivity index (χ0v) is 14.4. The number of hydrogen-bond donors (Lipinski definition) is 0. The lowest BCUT2D eigenvalue weighted by Gasteiger charge is -2.08. The Balaban J connectivity index is 2.32. The normalized spacial score (nSPS) is 12.2. The van der Waals surface area contributed by atoms with Crippen molar-refractivity contribution in [1.29, 1.82) is 0 Å². The fourth-order valence-corrected chi connectivity index (χ4v) is 4.88. The zero-order valence-electron chi connectivity index (χ0n) is 10.6. The molecule has 0 radical (unpaired) electrons. The maximum atomic E-state index is 12.4. The monoisotopic (exact) mass is 463 g/mol. The molecule has 0 aliphatic rings. The van der Waals surface area contributed by atoms with Gasteiger partial charge in [-0.05, 0) is 24.3 Å². The Hall–Kier alpha value is -1.00. The number of hydrogen-bond acceptors (Lipinski definition) is 3. The van der Waals surface area contributed by atoms with Gasteiger partial charge in [-0.1, -0.05) is 29.8 Å². The molecule has 3 nitrogen and oxygen atoms in total. The van der Waals surface area contributed by atoms with Crippen molar-refractivity contribution in [3.05, 3.63) is 60.7 Å². The number of rotatable bonds is 4. The largest absolute Gasteiger partial charge is 0.534 e. The summed E-state index contributed by atoms with van der Waals surface area (Å²) in [6, 6.07) is 12.6. The highest BCUT2D eigenvalue weighted by atomic mass is 127. The SMILES string of the molecule is O=S(=O)(Oc1ccccc1[I+]c1cccc(Cl)c1)C(F)(F)F. The molecule has 0 atom stereocenters. The molecule has 2 aromatic carbocycles. The highest BCUT2D eigenvalue weighted by Crippen LogP contribution is 2.26. The molecule has 22 heavy (non-hydrogen) atoms. The number of para-hydroxylation sites is 1. The molecule has 2 aromatic rings. The van der Waals surface area contributed by atoms with Crippen LogP contribution in [0.25, 0.3) is 0 Å². The average molecular weight is 464 g/mol. The lowest BCUT2D eigenvalue weighted by atomic mass is 10.3. The van der Waals surface area contributed by atoms with E-state index in [1.807, 2.05) is 0 Å². The first kappa shape index (κ1) is 17.4. The molecular formula is C13H8ClF3IO3S+. The predicted octanol–water partition coefficient (Wildman–Crippen LogP) is 0.697. The summed E-state index contributed by atoms with van der Waals surface area (Å²) in [6.07, 6.45) is 0. The predicted molar refractivity (Wildman–Crippen MR) is 70.9 cm³/mol. The lowest BCUT2D eigenvalue weighted by Crippen LogP contribution is -3.61. The molecule has 0 N–H and O–H groups in total. The molecule has 9 heteroatoms. The van der Waals surface area contributed by atoms with E-state index >= 15 is 0 Å². The van der Waals surface area contributed by atoms with E-state index in [1.54, 1.807) is 30.3 Å². The van der Waals surface area contributed by atoms with E-state index in [9.17, 15) is 21.6 Å². The number of halogens is 5. The van der Waals surface area contributed by atoms with Gasteiger partial charge in [-0.15, -0.1) is 0 Å². The van der Waals surface area contributed by atoms with Crippen LogP contribution in [-0.4, -0.2) is 13.9 Å². The van der Waals surface area contributed by atoms with Crippen LogP contribution in [-0.2, 0) is 10.1 Å². The second-order valence-corrected chi connectivity index (χ2v) is 8.87. The van der Waals surface area contributed by atoms with Crippen LogP contribution in [0.15, 0.2) is 48.5 Å². The summed E-state index contributed by atoms with van der Waals surface area (Å²) in [5.74, 6) is -0.312. The molecule has 0 aliphatic heterocycles. The third-order valence-corrected chi connectivity index (χ3v) is 6.28. The second-order valence-electron chi connectivity index (χ2n) is 3.95. The van der Waals surface area contributed by atoms with Crippen molar-refractivity contribution in [3.8, 4) is 5.75 Å². The Labute approximate surface area is 140 Å². The Bertz CT molecular complexity index is 778. The van der Waals surface area contributed by atoms with Gasteiger partial charge in [0.1, 0.15) is 0 Å². The van der Waals surface area contributed by atoms with Crippen molar-refractivity contribution in [1.82, 2.24) is 0 Å². The Morgan fingerprint density at radius 1 is 1.05 bits per heavy atom. The molecule has 0 aromatic heterocycles. The van der Waals surface area contributed by atoms with Crippen molar-refractivity contribution in [2.75, 3.05) is 0 Å². The first-order chi connectivity index (χ1) is 10.2. The van der Waals surface area contributed by atoms with Crippen LogP contribution in [0.4, 0.5) is 13.2 Å². The van der Waals surface area contributed by atoms with Crippen LogP contribution < -0.4 is 25.4 Å². The van der Waals surface area contributed by atoms with Crippen molar-refractivity contribution in [3.63, 3.8) is 0 Å². The Morgan fingerprint density at radius 2 is 1.73 bits per heavy atom. The summed E-state index contributed by atoms with van der Waals surface area (Å²) in [7, 11) is -5.68. The van der Waals surface area contributed by atoms with E-state index in [-0.39, 0.29) is 5.75 Å². The van der Waals surface area contributed by atoms with E-state index in [2.05, 4.69) is 4.18 Å². The van der Waals surface area contributed by atoms with E-state index in [0.717, 1.165) is 3.57 Å². The highest BCUT2D eigenvalue weighted by molar-refractivity contribution is 7.87. The van der Waals surface area contributed by atoms with Gasteiger partial charge in [0.2, 0.25) is 3.57 Å². The topological polar surface area (TPSA) is 43.4 Å². The van der Waals surface area contributed by atoms with Gasteiger partial charge in [0.05, 0.1) is 0 Å². The molecule has 118 valence electrons. The molecule has 0 amide bonds. The fourth-order valence-electron chi connectivity index (χ4n) is 1.39. The van der Waals surface area contributed by atoms with Crippen molar-refractivity contribution >= 4 is 21.7 Å². The van der Waals surface area contributed by atoms with Gasteiger partial charge in [-0.25, -0.2) is 0 Å². The minimum Gasteiger partial charge on any atom is -0.371 e. The van der Waals surface area contributed by atoms with Crippen LogP contribution >= 0.6 is 11.6 Å². The van der Waals surface area contributed by atoms with Crippen LogP contribution in [0, 0.1) is 7.14 Å². The Morgan fingerprint density at radius 3 is 2.36 bits per heavy atom. The summed E-state index contributed by atoms with van der Waals surface area (Å²) in [6.45, 7) is 0. The number of alkyl halides is 3. The average Bonchev–Trinajstić information content (AvgIpc) is 2.39. The van der Waals surface area contributed by atoms with E-state index in [1.165, 1.54) is 18.2 Å². The van der Waals surface area contributed by atoms with Crippen LogP contribution in [0.5, 0.6) is 5.75 Å². The maximum Gasteiger partial charge on any atom is 0.534 e. The van der Waals surface area contributed by atoms with Gasteiger partial charge in [-0.2, -0.15) is 21.6 Å². The summed E-state index contributed by atoms with van der Waals surface area (Å²) >= 11 is 4.92. The van der Waals surface area contributed by atoms with Crippen LogP contribution in [0.3, 0.4) is 0 Å². The van der Waals surface area contributed by atoms with Gasteiger partial charge >= 0.3 is 36.8 Å². The van der Waals surface area contributed by atoms with Gasteiger partial charge in [0.25, 0.3) is 0 Å². The molecule has 0 unspecified atom stereocenters. The minimum atomic E-state index is -5.68. The van der Waals surface area contributed by atoms with E-state index in [0.29, 0.717) is 8.59 Å². The molecule has 0 saturated heterocycles. The molecule has 0 spiro atoms. The molecule has 0 aliphatic carbocycles. The molecule has 0 fully saturated rings. The molecule has 0 bridgehead atoms. The first-order valence-electron chi connectivity index (χ1n) is 5.69. The van der Waals surface area contributed by atoms with E-state index in [4.69, 9.17) is 11.6 Å². The summed E-state index contributed by atoms with van der Waals surface area (Å²) < 4.78 is 65.0. The van der Waals surface area contributed by atoms with Gasteiger partial charge in [0, 0.05) is 11.1 Å². The van der Waals surface area contributed by atoms with Crippen molar-refractivity contribution < 1.29 is 47.0 Å². The Kier molecular flexibility index (Phi) is 5.23. The van der Waals surface area contributed by atoms with Crippen LogP contribution in [0.2, 0.25) is 5.02 Å². The smallest absolute Gasteiger partial charge is 0.371 e. The number of benzene rings is 2. The van der Waals surface area contributed by atoms with Gasteiger partial charge < -0.3 is 4.18 Å². The molecule has 0 saturated carbocycles. The van der Waals surface area contributed by atoms with Crippen molar-refractivity contribution in [2.24, 2.45) is 0 Å². The van der Waals surface area contributed by atoms with Gasteiger partial charge in [-0.3, -0.25) is 0 Å². The molecule has 2 rings (SSSR count). The van der Waals surface area contributed by atoms with Gasteiger partial charge in [0.15, 0.2) is 9.32 Å². The fraction of sp³-hybridized carbons (Fsp3) is 0.0769. The van der Waals surface area contributed by atoms with E-state index < -0.39 is 36.8 Å². The minimum absolute atomic E-state index is 0.312. The third-order valence-electron chi connectivity index (χ3n) is 2.32. The highest BCUT2D eigenvalue weighted by Gasteiger charge is 2.49. The summed E-state index contributed by atoms with van der Waals surface area (Å²) in [5, 5.41) is 0.499. The third kappa shape index (κ3) is 4.26.